The van der Waals surface area contributed by atoms with Gasteiger partial charge >= 0.3 is 18.3 Å². The molecule has 4 N–H and O–H groups in total. The standard InChI is InChI=1S/C29H59N5O6/c1-27(2,3)38-24(35)32(20-14-15-21-34(23-17-31)26(37)40-29(7,8)9)18-12-10-11-13-19-33(22-16-30)25(36)39-28(4,5)6/h10-23,30-31H2,1-9H3. The Morgan fingerprint density at radius 3 is 0.900 bits per heavy atom. The topological polar surface area (TPSA) is 141 Å². The van der Waals surface area contributed by atoms with Gasteiger partial charge in [-0.25, -0.2) is 14.4 Å². The summed E-state index contributed by atoms with van der Waals surface area (Å²) >= 11 is 0. The predicted octanol–water partition coefficient (Wildman–Crippen LogP) is 4.96. The number of nitrogens with two attached hydrogens (primary N) is 2. The highest BCUT2D eigenvalue weighted by atomic mass is 16.6. The number of unbranched alkanes of at least 4 members (excludes halogenated alkanes) is 4. The molecule has 0 aliphatic rings. The van der Waals surface area contributed by atoms with Crippen molar-refractivity contribution in [1.82, 2.24) is 14.7 Å². The zero-order valence-electron chi connectivity index (χ0n) is 26.8. The normalized spacial score (nSPS) is 12.1. The summed E-state index contributed by atoms with van der Waals surface area (Å²) in [6.07, 6.45) is 3.84. The molecule has 0 bridgehead atoms. The zero-order chi connectivity index (χ0) is 31.0. The summed E-state index contributed by atoms with van der Waals surface area (Å²) in [5, 5.41) is 0. The molecule has 0 spiro atoms. The fraction of sp³-hybridized carbons (Fsp3) is 0.897. The number of carbonyl (C=O) groups excluding carboxylic acids is 3. The third kappa shape index (κ3) is 19.7. The van der Waals surface area contributed by atoms with Crippen LogP contribution in [0.2, 0.25) is 0 Å². The van der Waals surface area contributed by atoms with Gasteiger partial charge < -0.3 is 40.4 Å². The van der Waals surface area contributed by atoms with Crippen LogP contribution in [0.5, 0.6) is 0 Å². The molecule has 0 aromatic rings. The maximum Gasteiger partial charge on any atom is 0.410 e. The van der Waals surface area contributed by atoms with Gasteiger partial charge in [-0.1, -0.05) is 12.8 Å². The number of hydrogen-bond acceptors (Lipinski definition) is 8. The lowest BCUT2D eigenvalue weighted by atomic mass is 10.1. The van der Waals surface area contributed by atoms with Crippen LogP contribution >= 0.6 is 0 Å². The van der Waals surface area contributed by atoms with Crippen LogP contribution in [0.3, 0.4) is 0 Å². The summed E-state index contributed by atoms with van der Waals surface area (Å²) in [6.45, 7) is 20.4. The van der Waals surface area contributed by atoms with Gasteiger partial charge in [-0.3, -0.25) is 0 Å². The van der Waals surface area contributed by atoms with Gasteiger partial charge in [0.15, 0.2) is 0 Å². The van der Waals surface area contributed by atoms with Gasteiger partial charge in [0.2, 0.25) is 0 Å². The summed E-state index contributed by atoms with van der Waals surface area (Å²) in [6, 6.07) is 0. The van der Waals surface area contributed by atoms with Gasteiger partial charge in [-0.05, 0) is 88.0 Å². The molecule has 0 saturated carbocycles. The number of hydrogen-bond donors (Lipinski definition) is 2. The zero-order valence-corrected chi connectivity index (χ0v) is 26.8. The van der Waals surface area contributed by atoms with Crippen molar-refractivity contribution in [3.05, 3.63) is 0 Å². The Morgan fingerprint density at radius 2 is 0.675 bits per heavy atom. The predicted molar refractivity (Wildman–Crippen MR) is 159 cm³/mol. The molecule has 0 atom stereocenters. The summed E-state index contributed by atoms with van der Waals surface area (Å²) in [7, 11) is 0. The molecule has 11 nitrogen and oxygen atoms in total. The fourth-order valence-electron chi connectivity index (χ4n) is 3.74. The smallest absolute Gasteiger partial charge is 0.410 e. The van der Waals surface area contributed by atoms with Crippen molar-refractivity contribution in [3.63, 3.8) is 0 Å². The molecule has 0 rings (SSSR count). The van der Waals surface area contributed by atoms with Gasteiger partial charge in [0, 0.05) is 52.4 Å². The average molecular weight is 574 g/mol. The van der Waals surface area contributed by atoms with Crippen molar-refractivity contribution in [3.8, 4) is 0 Å². The van der Waals surface area contributed by atoms with E-state index in [0.29, 0.717) is 65.2 Å². The van der Waals surface area contributed by atoms with E-state index in [9.17, 15) is 14.4 Å². The monoisotopic (exact) mass is 573 g/mol. The molecule has 0 unspecified atom stereocenters. The van der Waals surface area contributed by atoms with Crippen LogP contribution in [-0.4, -0.2) is 102 Å². The van der Waals surface area contributed by atoms with Crippen molar-refractivity contribution < 1.29 is 28.6 Å². The van der Waals surface area contributed by atoms with Crippen LogP contribution in [0.15, 0.2) is 0 Å². The number of carbonyl (C=O) groups is 3. The van der Waals surface area contributed by atoms with E-state index in [2.05, 4.69) is 0 Å². The Morgan fingerprint density at radius 1 is 0.450 bits per heavy atom. The molecule has 0 aromatic heterocycles. The lowest BCUT2D eigenvalue weighted by molar-refractivity contribution is 0.0210. The minimum atomic E-state index is -0.585. The second-order valence-electron chi connectivity index (χ2n) is 13.1. The van der Waals surface area contributed by atoms with Crippen LogP contribution in [0.1, 0.15) is 101 Å². The first-order valence-corrected chi connectivity index (χ1v) is 14.7. The Bertz CT molecular complexity index is 743. The van der Waals surface area contributed by atoms with Crippen molar-refractivity contribution in [2.75, 3.05) is 52.4 Å². The van der Waals surface area contributed by atoms with Crippen molar-refractivity contribution >= 4 is 18.3 Å². The van der Waals surface area contributed by atoms with Gasteiger partial charge in [0.05, 0.1) is 0 Å². The number of amides is 3. The van der Waals surface area contributed by atoms with Gasteiger partial charge in [0.25, 0.3) is 0 Å². The molecular formula is C29H59N5O6. The highest BCUT2D eigenvalue weighted by molar-refractivity contribution is 5.69. The second kappa shape index (κ2) is 18.2. The quantitative estimate of drug-likeness (QED) is 0.195. The van der Waals surface area contributed by atoms with Crippen LogP contribution in [0, 0.1) is 0 Å². The molecule has 0 aromatic carbocycles. The Hall–Kier alpha value is -2.27. The first-order chi connectivity index (χ1) is 18.4. The van der Waals surface area contributed by atoms with E-state index < -0.39 is 16.8 Å². The lowest BCUT2D eigenvalue weighted by Crippen LogP contribution is -2.41. The lowest BCUT2D eigenvalue weighted by Gasteiger charge is -2.29. The van der Waals surface area contributed by atoms with Crippen LogP contribution in [0.25, 0.3) is 0 Å². The molecule has 0 aliphatic heterocycles. The Balaban J connectivity index is 4.79. The number of rotatable bonds is 16. The molecule has 0 saturated heterocycles. The molecule has 3 amide bonds. The molecular weight excluding hydrogens is 514 g/mol. The van der Waals surface area contributed by atoms with Crippen LogP contribution in [0.4, 0.5) is 14.4 Å². The van der Waals surface area contributed by atoms with E-state index in [1.807, 2.05) is 62.3 Å². The van der Waals surface area contributed by atoms with E-state index in [-0.39, 0.29) is 18.3 Å². The molecule has 11 heteroatoms. The minimum absolute atomic E-state index is 0.336. The van der Waals surface area contributed by atoms with Crippen molar-refractivity contribution in [2.45, 2.75) is 118 Å². The first-order valence-electron chi connectivity index (χ1n) is 14.7. The summed E-state index contributed by atoms with van der Waals surface area (Å²) in [5.74, 6) is 0. The molecule has 40 heavy (non-hydrogen) atoms. The summed E-state index contributed by atoms with van der Waals surface area (Å²) in [5.41, 5.74) is 9.66. The molecule has 0 aliphatic carbocycles. The van der Waals surface area contributed by atoms with E-state index in [1.165, 1.54) is 0 Å². The van der Waals surface area contributed by atoms with Crippen molar-refractivity contribution in [2.24, 2.45) is 11.5 Å². The van der Waals surface area contributed by atoms with E-state index in [1.54, 1.807) is 14.7 Å². The molecule has 0 fully saturated rings. The molecule has 236 valence electrons. The van der Waals surface area contributed by atoms with Gasteiger partial charge in [-0.15, -0.1) is 0 Å². The van der Waals surface area contributed by atoms with Gasteiger partial charge in [0.1, 0.15) is 16.8 Å². The van der Waals surface area contributed by atoms with E-state index in [4.69, 9.17) is 25.7 Å². The maximum atomic E-state index is 12.9. The largest absolute Gasteiger partial charge is 0.444 e. The SMILES string of the molecule is CC(C)(C)OC(=O)N(CCN)CCCCCCN(CCCCN(CCN)C(=O)OC(C)(C)C)C(=O)OC(C)(C)C. The molecule has 0 heterocycles. The second-order valence-corrected chi connectivity index (χ2v) is 13.1. The highest BCUT2D eigenvalue weighted by Gasteiger charge is 2.24. The Kier molecular flexibility index (Phi) is 17.2. The van der Waals surface area contributed by atoms with Gasteiger partial charge in [-0.2, -0.15) is 0 Å². The maximum absolute atomic E-state index is 12.9. The number of ether oxygens (including phenoxy) is 3. The minimum Gasteiger partial charge on any atom is -0.444 e. The molecule has 0 radical (unpaired) electrons. The van der Waals surface area contributed by atoms with E-state index in [0.717, 1.165) is 25.7 Å². The summed E-state index contributed by atoms with van der Waals surface area (Å²) in [4.78, 5) is 42.8. The third-order valence-corrected chi connectivity index (χ3v) is 5.47. The average Bonchev–Trinajstić information content (AvgIpc) is 2.77. The summed E-state index contributed by atoms with van der Waals surface area (Å²) < 4.78 is 16.6. The number of nitrogens with zero attached hydrogens (tertiary/aromatic N) is 3. The highest BCUT2D eigenvalue weighted by Crippen LogP contribution is 2.15. The van der Waals surface area contributed by atoms with Crippen LogP contribution < -0.4 is 11.5 Å². The Labute approximate surface area is 243 Å². The van der Waals surface area contributed by atoms with Crippen molar-refractivity contribution in [1.29, 1.82) is 0 Å². The van der Waals surface area contributed by atoms with Crippen LogP contribution in [-0.2, 0) is 14.2 Å². The van der Waals surface area contributed by atoms with E-state index >= 15 is 0 Å². The third-order valence-electron chi connectivity index (χ3n) is 5.47. The first kappa shape index (κ1) is 37.7. The fourth-order valence-corrected chi connectivity index (χ4v) is 3.74.